The molecule has 0 saturated carbocycles. The summed E-state index contributed by atoms with van der Waals surface area (Å²) < 4.78 is 0. The van der Waals surface area contributed by atoms with Crippen molar-refractivity contribution >= 4 is 0 Å². The lowest BCUT2D eigenvalue weighted by Gasteiger charge is -1.91. The summed E-state index contributed by atoms with van der Waals surface area (Å²) in [5, 5.41) is 0. The second kappa shape index (κ2) is 4.46. The fourth-order valence-corrected chi connectivity index (χ4v) is 0.335. The van der Waals surface area contributed by atoms with E-state index in [9.17, 15) is 0 Å². The van der Waals surface area contributed by atoms with Crippen LogP contribution in [0.15, 0.2) is 12.7 Å². The molecule has 0 aromatic heterocycles. The zero-order valence-electron chi connectivity index (χ0n) is 5.57. The maximum atomic E-state index is 3.48. The Balaban J connectivity index is 3.28. The van der Waals surface area contributed by atoms with Gasteiger partial charge < -0.3 is 0 Å². The summed E-state index contributed by atoms with van der Waals surface area (Å²) in [5.41, 5.74) is 0. The average molecular weight is 108 g/mol. The summed E-state index contributed by atoms with van der Waals surface area (Å²) in [6.07, 6.45) is 2.61. The molecule has 0 aliphatic carbocycles. The normalized spacial score (nSPS) is 7.88. The van der Waals surface area contributed by atoms with E-state index in [0.29, 0.717) is 5.92 Å². The Kier molecular flexibility index (Phi) is 4.07. The Morgan fingerprint density at radius 2 is 2.25 bits per heavy atom. The van der Waals surface area contributed by atoms with Crippen molar-refractivity contribution in [1.29, 1.82) is 0 Å². The Hall–Kier alpha value is -0.700. The third-order valence-corrected chi connectivity index (χ3v) is 0.714. The molecular weight excluding hydrogens is 96.1 g/mol. The topological polar surface area (TPSA) is 0 Å². The van der Waals surface area contributed by atoms with Gasteiger partial charge in [-0.25, -0.2) is 0 Å². The highest BCUT2D eigenvalue weighted by Gasteiger charge is 1.84. The van der Waals surface area contributed by atoms with Gasteiger partial charge in [-0.15, -0.1) is 0 Å². The van der Waals surface area contributed by atoms with E-state index in [1.807, 2.05) is 0 Å². The first-order chi connectivity index (χ1) is 3.77. The second-order valence-corrected chi connectivity index (χ2v) is 2.12. The van der Waals surface area contributed by atoms with E-state index in [-0.39, 0.29) is 0 Å². The fraction of sp³-hybridized carbons (Fsp3) is 0.500. The minimum absolute atomic E-state index is 0.683. The first-order valence-electron chi connectivity index (χ1n) is 2.86. The lowest BCUT2D eigenvalue weighted by Crippen LogP contribution is -1.80. The molecule has 0 heterocycles. The zero-order chi connectivity index (χ0) is 6.41. The molecule has 0 aliphatic rings. The van der Waals surface area contributed by atoms with Gasteiger partial charge in [-0.05, 0) is 12.0 Å². The first-order valence-corrected chi connectivity index (χ1v) is 2.86. The van der Waals surface area contributed by atoms with Gasteiger partial charge in [-0.3, -0.25) is 0 Å². The van der Waals surface area contributed by atoms with Crippen molar-refractivity contribution in [2.45, 2.75) is 20.3 Å². The second-order valence-electron chi connectivity index (χ2n) is 2.12. The lowest BCUT2D eigenvalue weighted by atomic mass is 10.1. The van der Waals surface area contributed by atoms with Crippen LogP contribution in [0.1, 0.15) is 20.3 Å². The largest absolute Gasteiger partial charge is 0.0983 e. The lowest BCUT2D eigenvalue weighted by molar-refractivity contribution is 0.676. The number of allylic oxidation sites excluding steroid dienone is 1. The Morgan fingerprint density at radius 3 is 2.62 bits per heavy atom. The summed E-state index contributed by atoms with van der Waals surface area (Å²) in [6.45, 7) is 7.79. The van der Waals surface area contributed by atoms with Crippen molar-refractivity contribution in [2.75, 3.05) is 0 Å². The Bertz CT molecular complexity index is 110. The van der Waals surface area contributed by atoms with E-state index in [0.717, 1.165) is 6.42 Å². The highest BCUT2D eigenvalue weighted by molar-refractivity contribution is 5.11. The highest BCUT2D eigenvalue weighted by Crippen LogP contribution is 1.95. The summed E-state index contributed by atoms with van der Waals surface area (Å²) in [6, 6.07) is 0. The van der Waals surface area contributed by atoms with Crippen LogP contribution in [0.3, 0.4) is 0 Å². The molecule has 0 spiro atoms. The molecule has 0 radical (unpaired) electrons. The predicted molar refractivity (Wildman–Crippen MR) is 37.4 cm³/mol. The van der Waals surface area contributed by atoms with Crippen molar-refractivity contribution in [2.24, 2.45) is 5.92 Å². The van der Waals surface area contributed by atoms with Gasteiger partial charge in [0.25, 0.3) is 0 Å². The summed E-state index contributed by atoms with van der Waals surface area (Å²) in [7, 11) is 0. The minimum Gasteiger partial charge on any atom is -0.0983 e. The van der Waals surface area contributed by atoms with Crippen LogP contribution in [0.5, 0.6) is 0 Å². The zero-order valence-corrected chi connectivity index (χ0v) is 5.57. The standard InChI is InChI=1S/C8H12/c1-4-5-6-7-8(2)3/h4,8H,1,7H2,2-3H3. The molecule has 44 valence electrons. The molecule has 0 rings (SSSR count). The molecule has 0 aromatic carbocycles. The van der Waals surface area contributed by atoms with E-state index in [4.69, 9.17) is 0 Å². The SMILES string of the molecule is C=CC#CCC(C)C. The summed E-state index contributed by atoms with van der Waals surface area (Å²) in [5.74, 6) is 6.44. The van der Waals surface area contributed by atoms with Gasteiger partial charge in [0.2, 0.25) is 0 Å². The minimum atomic E-state index is 0.683. The molecule has 0 aliphatic heterocycles. The third kappa shape index (κ3) is 5.30. The number of rotatable bonds is 1. The van der Waals surface area contributed by atoms with E-state index in [1.165, 1.54) is 0 Å². The van der Waals surface area contributed by atoms with Gasteiger partial charge in [-0.2, -0.15) is 0 Å². The molecule has 0 atom stereocenters. The molecule has 0 unspecified atom stereocenters. The van der Waals surface area contributed by atoms with Crippen molar-refractivity contribution in [3.05, 3.63) is 12.7 Å². The summed E-state index contributed by atoms with van der Waals surface area (Å²) >= 11 is 0. The van der Waals surface area contributed by atoms with Gasteiger partial charge >= 0.3 is 0 Å². The molecule has 8 heavy (non-hydrogen) atoms. The van der Waals surface area contributed by atoms with Gasteiger partial charge in [0, 0.05) is 6.42 Å². The fourth-order valence-electron chi connectivity index (χ4n) is 0.335. The van der Waals surface area contributed by atoms with E-state index in [1.54, 1.807) is 6.08 Å². The quantitative estimate of drug-likeness (QED) is 0.452. The van der Waals surface area contributed by atoms with Crippen molar-refractivity contribution in [3.8, 4) is 11.8 Å². The van der Waals surface area contributed by atoms with E-state index < -0.39 is 0 Å². The van der Waals surface area contributed by atoms with Crippen LogP contribution in [0.25, 0.3) is 0 Å². The molecular formula is C8H12. The monoisotopic (exact) mass is 108 g/mol. The number of hydrogen-bond donors (Lipinski definition) is 0. The van der Waals surface area contributed by atoms with Crippen LogP contribution in [0.4, 0.5) is 0 Å². The molecule has 0 nitrogen and oxygen atoms in total. The van der Waals surface area contributed by atoms with Crippen LogP contribution in [0.2, 0.25) is 0 Å². The molecule has 0 N–H and O–H groups in total. The van der Waals surface area contributed by atoms with Crippen LogP contribution < -0.4 is 0 Å². The summed E-state index contributed by atoms with van der Waals surface area (Å²) in [4.78, 5) is 0. The Morgan fingerprint density at radius 1 is 1.62 bits per heavy atom. The molecule has 0 aromatic rings. The predicted octanol–water partition coefficient (Wildman–Crippen LogP) is 2.22. The highest BCUT2D eigenvalue weighted by atomic mass is 13.9. The van der Waals surface area contributed by atoms with Crippen LogP contribution in [0, 0.1) is 17.8 Å². The van der Waals surface area contributed by atoms with Crippen molar-refractivity contribution in [1.82, 2.24) is 0 Å². The molecule has 0 amide bonds. The Labute approximate surface area is 51.6 Å². The third-order valence-electron chi connectivity index (χ3n) is 0.714. The maximum Gasteiger partial charge on any atom is 0.0115 e. The number of hydrogen-bond acceptors (Lipinski definition) is 0. The van der Waals surface area contributed by atoms with Crippen molar-refractivity contribution < 1.29 is 0 Å². The van der Waals surface area contributed by atoms with Crippen LogP contribution in [-0.2, 0) is 0 Å². The van der Waals surface area contributed by atoms with Crippen molar-refractivity contribution in [3.63, 3.8) is 0 Å². The van der Waals surface area contributed by atoms with Gasteiger partial charge in [0.05, 0.1) is 0 Å². The van der Waals surface area contributed by atoms with E-state index >= 15 is 0 Å². The molecule has 0 fully saturated rings. The van der Waals surface area contributed by atoms with Gasteiger partial charge in [0.1, 0.15) is 0 Å². The van der Waals surface area contributed by atoms with Crippen LogP contribution >= 0.6 is 0 Å². The van der Waals surface area contributed by atoms with E-state index in [2.05, 4.69) is 32.3 Å². The van der Waals surface area contributed by atoms with Gasteiger partial charge in [-0.1, -0.05) is 32.3 Å². The molecule has 0 bridgehead atoms. The molecule has 0 saturated heterocycles. The first kappa shape index (κ1) is 7.30. The molecule has 0 heteroatoms. The average Bonchev–Trinajstić information content (AvgIpc) is 1.66. The maximum absolute atomic E-state index is 3.48. The smallest absolute Gasteiger partial charge is 0.0115 e. The van der Waals surface area contributed by atoms with Gasteiger partial charge in [0.15, 0.2) is 0 Å². The van der Waals surface area contributed by atoms with Crippen LogP contribution in [-0.4, -0.2) is 0 Å².